The highest BCUT2D eigenvalue weighted by atomic mass is 16.3. The van der Waals surface area contributed by atoms with E-state index in [1.807, 2.05) is 0 Å². The van der Waals surface area contributed by atoms with Crippen LogP contribution in [0, 0.1) is 0 Å². The van der Waals surface area contributed by atoms with Crippen LogP contribution >= 0.6 is 0 Å². The molecule has 1 atom stereocenters. The molecule has 134 valence electrons. The number of hydrogen-bond donors (Lipinski definition) is 2. The Bertz CT molecular complexity index is 194. The van der Waals surface area contributed by atoms with E-state index in [2.05, 4.69) is 6.92 Å². The molecule has 0 aromatic heterocycles. The summed E-state index contributed by atoms with van der Waals surface area (Å²) in [6.45, 7) is 2.58. The first kappa shape index (κ1) is 21.9. The standard InChI is InChI=1S/C20H42O2/c1-2-3-4-14-17-20(22)18-15-12-10-8-6-5-7-9-11-13-16-19-21/h20-22H,2-19H2,1H3. The van der Waals surface area contributed by atoms with Crippen molar-refractivity contribution in [2.75, 3.05) is 6.61 Å². The van der Waals surface area contributed by atoms with E-state index in [1.165, 1.54) is 89.9 Å². The van der Waals surface area contributed by atoms with Crippen LogP contribution in [0.1, 0.15) is 116 Å². The monoisotopic (exact) mass is 314 g/mol. The van der Waals surface area contributed by atoms with Crippen LogP contribution in [-0.4, -0.2) is 22.9 Å². The zero-order valence-electron chi connectivity index (χ0n) is 15.2. The van der Waals surface area contributed by atoms with Crippen molar-refractivity contribution in [3.8, 4) is 0 Å². The summed E-state index contributed by atoms with van der Waals surface area (Å²) >= 11 is 0. The topological polar surface area (TPSA) is 40.5 Å². The molecule has 0 amide bonds. The van der Waals surface area contributed by atoms with Gasteiger partial charge in [-0.25, -0.2) is 0 Å². The minimum absolute atomic E-state index is 0.0456. The fraction of sp³-hybridized carbons (Fsp3) is 1.00. The molecule has 0 spiro atoms. The fourth-order valence-corrected chi connectivity index (χ4v) is 3.03. The van der Waals surface area contributed by atoms with Gasteiger partial charge in [-0.3, -0.25) is 0 Å². The van der Waals surface area contributed by atoms with E-state index in [-0.39, 0.29) is 6.10 Å². The van der Waals surface area contributed by atoms with Crippen molar-refractivity contribution >= 4 is 0 Å². The van der Waals surface area contributed by atoms with Crippen LogP contribution in [0.25, 0.3) is 0 Å². The number of unbranched alkanes of at least 4 members (excludes halogenated alkanes) is 13. The Morgan fingerprint density at radius 1 is 0.545 bits per heavy atom. The zero-order chi connectivity index (χ0) is 16.3. The van der Waals surface area contributed by atoms with Crippen LogP contribution in [0.3, 0.4) is 0 Å². The summed E-state index contributed by atoms with van der Waals surface area (Å²) in [6, 6.07) is 0. The van der Waals surface area contributed by atoms with Crippen LogP contribution in [0.5, 0.6) is 0 Å². The van der Waals surface area contributed by atoms with E-state index in [4.69, 9.17) is 5.11 Å². The molecule has 0 aliphatic carbocycles. The Morgan fingerprint density at radius 2 is 0.909 bits per heavy atom. The van der Waals surface area contributed by atoms with Crippen molar-refractivity contribution in [2.45, 2.75) is 122 Å². The quantitative estimate of drug-likeness (QED) is 0.305. The molecule has 0 aliphatic heterocycles. The lowest BCUT2D eigenvalue weighted by molar-refractivity contribution is 0.147. The van der Waals surface area contributed by atoms with Gasteiger partial charge >= 0.3 is 0 Å². The second-order valence-electron chi connectivity index (χ2n) is 6.90. The van der Waals surface area contributed by atoms with E-state index in [0.29, 0.717) is 6.61 Å². The van der Waals surface area contributed by atoms with E-state index in [1.54, 1.807) is 0 Å². The lowest BCUT2D eigenvalue weighted by atomic mass is 10.0. The highest BCUT2D eigenvalue weighted by molar-refractivity contribution is 4.57. The molecule has 0 radical (unpaired) electrons. The largest absolute Gasteiger partial charge is 0.396 e. The highest BCUT2D eigenvalue weighted by Crippen LogP contribution is 2.14. The SMILES string of the molecule is CCCCCCC(O)CCCCCCCCCCCCCO. The first-order valence-corrected chi connectivity index (χ1v) is 10.1. The van der Waals surface area contributed by atoms with E-state index >= 15 is 0 Å². The second-order valence-corrected chi connectivity index (χ2v) is 6.90. The van der Waals surface area contributed by atoms with Gasteiger partial charge in [0, 0.05) is 6.61 Å². The van der Waals surface area contributed by atoms with Crippen molar-refractivity contribution in [3.63, 3.8) is 0 Å². The Hall–Kier alpha value is -0.0800. The molecular formula is C20H42O2. The van der Waals surface area contributed by atoms with Crippen molar-refractivity contribution in [1.29, 1.82) is 0 Å². The molecule has 0 fully saturated rings. The Balaban J connectivity index is 3.07. The summed E-state index contributed by atoms with van der Waals surface area (Å²) in [5.74, 6) is 0. The zero-order valence-corrected chi connectivity index (χ0v) is 15.2. The molecule has 0 aliphatic rings. The summed E-state index contributed by atoms with van der Waals surface area (Å²) in [5.41, 5.74) is 0. The van der Waals surface area contributed by atoms with Gasteiger partial charge in [0.15, 0.2) is 0 Å². The maximum Gasteiger partial charge on any atom is 0.0540 e. The summed E-state index contributed by atoms with van der Waals surface area (Å²) in [6.07, 6.45) is 21.2. The van der Waals surface area contributed by atoms with E-state index in [0.717, 1.165) is 19.3 Å². The molecule has 0 bridgehead atoms. The van der Waals surface area contributed by atoms with Gasteiger partial charge in [-0.2, -0.15) is 0 Å². The average molecular weight is 315 g/mol. The predicted molar refractivity (Wildman–Crippen MR) is 97.3 cm³/mol. The minimum atomic E-state index is -0.0456. The number of rotatable bonds is 18. The van der Waals surface area contributed by atoms with Crippen molar-refractivity contribution < 1.29 is 10.2 Å². The molecule has 0 saturated carbocycles. The molecule has 0 aromatic rings. The molecule has 2 nitrogen and oxygen atoms in total. The first-order valence-electron chi connectivity index (χ1n) is 10.1. The van der Waals surface area contributed by atoms with Crippen molar-refractivity contribution in [3.05, 3.63) is 0 Å². The molecule has 0 heterocycles. The van der Waals surface area contributed by atoms with Crippen LogP contribution in [0.2, 0.25) is 0 Å². The smallest absolute Gasteiger partial charge is 0.0540 e. The van der Waals surface area contributed by atoms with Crippen LogP contribution < -0.4 is 0 Å². The van der Waals surface area contributed by atoms with Crippen LogP contribution in [0.4, 0.5) is 0 Å². The third-order valence-corrected chi connectivity index (χ3v) is 4.59. The normalized spacial score (nSPS) is 12.7. The molecule has 22 heavy (non-hydrogen) atoms. The van der Waals surface area contributed by atoms with Gasteiger partial charge in [-0.1, -0.05) is 96.8 Å². The van der Waals surface area contributed by atoms with Crippen LogP contribution in [0.15, 0.2) is 0 Å². The highest BCUT2D eigenvalue weighted by Gasteiger charge is 2.03. The molecular weight excluding hydrogens is 272 g/mol. The Morgan fingerprint density at radius 3 is 1.32 bits per heavy atom. The van der Waals surface area contributed by atoms with Crippen LogP contribution in [-0.2, 0) is 0 Å². The Kier molecular flexibility index (Phi) is 18.9. The average Bonchev–Trinajstić information content (AvgIpc) is 2.52. The lowest BCUT2D eigenvalue weighted by Gasteiger charge is -2.10. The van der Waals surface area contributed by atoms with E-state index < -0.39 is 0 Å². The summed E-state index contributed by atoms with van der Waals surface area (Å²) in [7, 11) is 0. The molecule has 1 unspecified atom stereocenters. The van der Waals surface area contributed by atoms with Gasteiger partial charge in [0.25, 0.3) is 0 Å². The van der Waals surface area contributed by atoms with Gasteiger partial charge in [-0.05, 0) is 19.3 Å². The van der Waals surface area contributed by atoms with Crippen molar-refractivity contribution in [1.82, 2.24) is 0 Å². The minimum Gasteiger partial charge on any atom is -0.396 e. The van der Waals surface area contributed by atoms with Gasteiger partial charge < -0.3 is 10.2 Å². The Labute approximate surface area is 139 Å². The number of aliphatic hydroxyl groups excluding tert-OH is 2. The summed E-state index contributed by atoms with van der Waals surface area (Å²) < 4.78 is 0. The predicted octanol–water partition coefficient (Wildman–Crippen LogP) is 5.99. The second kappa shape index (κ2) is 19.0. The van der Waals surface area contributed by atoms with Gasteiger partial charge in [0.2, 0.25) is 0 Å². The molecule has 0 saturated heterocycles. The third kappa shape index (κ3) is 18.0. The third-order valence-electron chi connectivity index (χ3n) is 4.59. The van der Waals surface area contributed by atoms with Gasteiger partial charge in [0.05, 0.1) is 6.10 Å². The molecule has 2 heteroatoms. The first-order chi connectivity index (χ1) is 10.8. The molecule has 2 N–H and O–H groups in total. The number of hydrogen-bond acceptors (Lipinski definition) is 2. The number of aliphatic hydroxyl groups is 2. The van der Waals surface area contributed by atoms with Crippen molar-refractivity contribution in [2.24, 2.45) is 0 Å². The summed E-state index contributed by atoms with van der Waals surface area (Å²) in [4.78, 5) is 0. The van der Waals surface area contributed by atoms with Gasteiger partial charge in [-0.15, -0.1) is 0 Å². The molecule has 0 aromatic carbocycles. The van der Waals surface area contributed by atoms with E-state index in [9.17, 15) is 5.11 Å². The maximum absolute atomic E-state index is 9.89. The fourth-order valence-electron chi connectivity index (χ4n) is 3.03. The van der Waals surface area contributed by atoms with Gasteiger partial charge in [0.1, 0.15) is 0 Å². The summed E-state index contributed by atoms with van der Waals surface area (Å²) in [5, 5.41) is 18.6. The molecule has 0 rings (SSSR count). The lowest BCUT2D eigenvalue weighted by Crippen LogP contribution is -2.05. The maximum atomic E-state index is 9.89.